The average Bonchev–Trinajstić information content (AvgIpc) is 2.60. The van der Waals surface area contributed by atoms with E-state index in [4.69, 9.17) is 5.73 Å². The van der Waals surface area contributed by atoms with Crippen molar-refractivity contribution in [2.24, 2.45) is 10.7 Å². The number of hydrogen-bond donors (Lipinski definition) is 2. The van der Waals surface area contributed by atoms with Crippen molar-refractivity contribution in [3.8, 4) is 0 Å². The van der Waals surface area contributed by atoms with E-state index >= 15 is 0 Å². The Bertz CT molecular complexity index is 576. The second-order valence-corrected chi connectivity index (χ2v) is 6.90. The van der Waals surface area contributed by atoms with Gasteiger partial charge in [-0.15, -0.1) is 0 Å². The van der Waals surface area contributed by atoms with Gasteiger partial charge >= 0.3 is 0 Å². The molecule has 5 nitrogen and oxygen atoms in total. The van der Waals surface area contributed by atoms with Crippen LogP contribution in [0.25, 0.3) is 0 Å². The molecule has 3 N–H and O–H groups in total. The molecule has 0 radical (unpaired) electrons. The van der Waals surface area contributed by atoms with Crippen LogP contribution in [-0.2, 0) is 4.79 Å². The summed E-state index contributed by atoms with van der Waals surface area (Å²) in [5, 5.41) is 3.07. The number of hydrogen-bond acceptors (Lipinski definition) is 2. The molecule has 24 heavy (non-hydrogen) atoms. The van der Waals surface area contributed by atoms with Gasteiger partial charge in [0.1, 0.15) is 6.54 Å². The van der Waals surface area contributed by atoms with Crippen LogP contribution in [0.15, 0.2) is 29.3 Å². The summed E-state index contributed by atoms with van der Waals surface area (Å²) in [6.45, 7) is 4.39. The molecule has 1 amide bonds. The van der Waals surface area contributed by atoms with Crippen molar-refractivity contribution >= 4 is 17.6 Å². The summed E-state index contributed by atoms with van der Waals surface area (Å²) >= 11 is 0. The number of aliphatic imine (C=N–C) groups is 1. The third kappa shape index (κ3) is 5.25. The molecule has 0 heterocycles. The van der Waals surface area contributed by atoms with Crippen LogP contribution in [0.4, 0.5) is 5.69 Å². The first-order valence-electron chi connectivity index (χ1n) is 8.90. The minimum atomic E-state index is 0.0302. The molecule has 0 bridgehead atoms. The zero-order chi connectivity index (χ0) is 17.5. The summed E-state index contributed by atoms with van der Waals surface area (Å²) in [6, 6.07) is 8.45. The van der Waals surface area contributed by atoms with E-state index in [1.54, 1.807) is 0 Å². The van der Waals surface area contributed by atoms with Crippen LogP contribution < -0.4 is 11.1 Å². The Kier molecular flexibility index (Phi) is 6.64. The number of guanidine groups is 1. The Hall–Kier alpha value is -2.04. The van der Waals surface area contributed by atoms with Gasteiger partial charge in [-0.05, 0) is 36.5 Å². The monoisotopic (exact) mass is 330 g/mol. The fourth-order valence-corrected chi connectivity index (χ4v) is 3.10. The van der Waals surface area contributed by atoms with Crippen molar-refractivity contribution in [1.29, 1.82) is 0 Å². The lowest BCUT2D eigenvalue weighted by molar-refractivity contribution is -0.130. The van der Waals surface area contributed by atoms with Crippen molar-refractivity contribution in [3.63, 3.8) is 0 Å². The van der Waals surface area contributed by atoms with Gasteiger partial charge in [0.2, 0.25) is 5.91 Å². The average molecular weight is 330 g/mol. The Morgan fingerprint density at radius 2 is 2.04 bits per heavy atom. The van der Waals surface area contributed by atoms with Crippen LogP contribution in [0.1, 0.15) is 57.4 Å². The van der Waals surface area contributed by atoms with Gasteiger partial charge in [-0.1, -0.05) is 45.2 Å². The van der Waals surface area contributed by atoms with Gasteiger partial charge in [-0.2, -0.15) is 0 Å². The Labute approximate surface area is 145 Å². The molecule has 0 unspecified atom stereocenters. The van der Waals surface area contributed by atoms with Crippen molar-refractivity contribution in [2.45, 2.75) is 57.9 Å². The first-order chi connectivity index (χ1) is 11.5. The fraction of sp³-hybridized carbons (Fsp3) is 0.579. The van der Waals surface area contributed by atoms with Crippen LogP contribution in [-0.4, -0.2) is 36.4 Å². The third-order valence-corrected chi connectivity index (χ3v) is 4.73. The van der Waals surface area contributed by atoms with Gasteiger partial charge < -0.3 is 16.0 Å². The standard InChI is InChI=1S/C19H30N4O/c1-14(2)15-8-7-9-16(12-15)22-19(20)21-13-18(24)23(3)17-10-5-4-6-11-17/h7-9,12,14,17H,4-6,10-11,13H2,1-3H3,(H3,20,21,22). The van der Waals surface area contributed by atoms with Crippen LogP contribution >= 0.6 is 0 Å². The Morgan fingerprint density at radius 3 is 2.71 bits per heavy atom. The van der Waals surface area contributed by atoms with Crippen molar-refractivity contribution in [2.75, 3.05) is 18.9 Å². The number of amides is 1. The molecule has 0 spiro atoms. The highest BCUT2D eigenvalue weighted by Crippen LogP contribution is 2.21. The summed E-state index contributed by atoms with van der Waals surface area (Å²) in [4.78, 5) is 18.3. The first-order valence-corrected chi connectivity index (χ1v) is 8.90. The number of nitrogens with zero attached hydrogens (tertiary/aromatic N) is 2. The van der Waals surface area contributed by atoms with E-state index in [0.717, 1.165) is 18.5 Å². The molecule has 1 aromatic carbocycles. The van der Waals surface area contributed by atoms with Crippen LogP contribution in [0.2, 0.25) is 0 Å². The molecule has 1 aromatic rings. The summed E-state index contributed by atoms with van der Waals surface area (Å²) < 4.78 is 0. The fourth-order valence-electron chi connectivity index (χ4n) is 3.10. The number of anilines is 1. The van der Waals surface area contributed by atoms with Gasteiger partial charge in [0.05, 0.1) is 0 Å². The Morgan fingerprint density at radius 1 is 1.33 bits per heavy atom. The summed E-state index contributed by atoms with van der Waals surface area (Å²) in [5.74, 6) is 0.763. The van der Waals surface area contributed by atoms with E-state index in [1.165, 1.54) is 24.8 Å². The molecule has 0 atom stereocenters. The van der Waals surface area contributed by atoms with Crippen LogP contribution in [0, 0.1) is 0 Å². The molecule has 0 aliphatic heterocycles. The molecule has 1 aliphatic carbocycles. The summed E-state index contributed by atoms with van der Waals surface area (Å²) in [6.07, 6.45) is 5.90. The van der Waals surface area contributed by atoms with E-state index in [1.807, 2.05) is 24.1 Å². The lowest BCUT2D eigenvalue weighted by Gasteiger charge is -2.30. The maximum Gasteiger partial charge on any atom is 0.244 e. The lowest BCUT2D eigenvalue weighted by atomic mass is 9.94. The molecular formula is C19H30N4O. The molecule has 0 saturated heterocycles. The molecule has 0 aromatic heterocycles. The maximum atomic E-state index is 12.3. The molecule has 2 rings (SSSR count). The lowest BCUT2D eigenvalue weighted by Crippen LogP contribution is -2.40. The number of benzene rings is 1. The van der Waals surface area contributed by atoms with Crippen molar-refractivity contribution < 1.29 is 4.79 Å². The predicted octanol–water partition coefficient (Wildman–Crippen LogP) is 3.33. The highest BCUT2D eigenvalue weighted by molar-refractivity contribution is 5.93. The zero-order valence-corrected chi connectivity index (χ0v) is 15.1. The van der Waals surface area contributed by atoms with E-state index in [2.05, 4.69) is 36.3 Å². The van der Waals surface area contributed by atoms with E-state index in [-0.39, 0.29) is 18.4 Å². The maximum absolute atomic E-state index is 12.3. The second kappa shape index (κ2) is 8.71. The largest absolute Gasteiger partial charge is 0.370 e. The smallest absolute Gasteiger partial charge is 0.244 e. The molecule has 132 valence electrons. The van der Waals surface area contributed by atoms with Crippen LogP contribution in [0.3, 0.4) is 0 Å². The van der Waals surface area contributed by atoms with Gasteiger partial charge in [0.25, 0.3) is 0 Å². The topological polar surface area (TPSA) is 70.7 Å². The normalized spacial score (nSPS) is 16.2. The number of nitrogens with one attached hydrogen (secondary N) is 1. The molecule has 1 aliphatic rings. The minimum absolute atomic E-state index is 0.0302. The quantitative estimate of drug-likeness (QED) is 0.642. The number of carbonyl (C=O) groups excluding carboxylic acids is 1. The minimum Gasteiger partial charge on any atom is -0.370 e. The molecular weight excluding hydrogens is 300 g/mol. The van der Waals surface area contributed by atoms with E-state index in [9.17, 15) is 4.79 Å². The second-order valence-electron chi connectivity index (χ2n) is 6.90. The molecule has 5 heteroatoms. The van der Waals surface area contributed by atoms with Gasteiger partial charge in [-0.3, -0.25) is 4.79 Å². The first kappa shape index (κ1) is 18.3. The number of nitrogens with two attached hydrogens (primary N) is 1. The number of carbonyl (C=O) groups is 1. The van der Waals surface area contributed by atoms with Gasteiger partial charge in [0.15, 0.2) is 5.96 Å². The van der Waals surface area contributed by atoms with E-state index in [0.29, 0.717) is 12.0 Å². The highest BCUT2D eigenvalue weighted by atomic mass is 16.2. The van der Waals surface area contributed by atoms with Crippen LogP contribution in [0.5, 0.6) is 0 Å². The molecule has 1 saturated carbocycles. The van der Waals surface area contributed by atoms with Crippen molar-refractivity contribution in [1.82, 2.24) is 4.90 Å². The van der Waals surface area contributed by atoms with Gasteiger partial charge in [0, 0.05) is 18.8 Å². The summed E-state index contributed by atoms with van der Waals surface area (Å²) in [5.41, 5.74) is 8.06. The van der Waals surface area contributed by atoms with E-state index < -0.39 is 0 Å². The third-order valence-electron chi connectivity index (χ3n) is 4.73. The van der Waals surface area contributed by atoms with Gasteiger partial charge in [-0.25, -0.2) is 4.99 Å². The number of rotatable bonds is 5. The predicted molar refractivity (Wildman–Crippen MR) is 100 cm³/mol. The SMILES string of the molecule is CC(C)c1cccc(NC(N)=NCC(=O)N(C)C2CCCCC2)c1. The zero-order valence-electron chi connectivity index (χ0n) is 15.1. The number of likely N-dealkylation sites (N-methyl/N-ethyl adjacent to an activating group) is 1. The highest BCUT2D eigenvalue weighted by Gasteiger charge is 2.21. The van der Waals surface area contributed by atoms with Crippen molar-refractivity contribution in [3.05, 3.63) is 29.8 Å². The Balaban J connectivity index is 1.88. The summed E-state index contributed by atoms with van der Waals surface area (Å²) in [7, 11) is 1.88. The molecule has 1 fully saturated rings.